The third-order valence-corrected chi connectivity index (χ3v) is 3.05. The first kappa shape index (κ1) is 14.3. The zero-order valence-corrected chi connectivity index (χ0v) is 11.5. The van der Waals surface area contributed by atoms with Gasteiger partial charge in [-0.1, -0.05) is 30.3 Å². The molecule has 0 saturated heterocycles. The van der Waals surface area contributed by atoms with Gasteiger partial charge in [-0.3, -0.25) is 4.79 Å². The van der Waals surface area contributed by atoms with Crippen molar-refractivity contribution in [2.24, 2.45) is 5.73 Å². The number of aryl methyl sites for hydroxylation is 2. The van der Waals surface area contributed by atoms with Gasteiger partial charge in [0.2, 0.25) is 5.91 Å². The number of nitrogens with two attached hydrogens (primary N) is 1. The van der Waals surface area contributed by atoms with Crippen molar-refractivity contribution in [2.75, 3.05) is 11.9 Å². The van der Waals surface area contributed by atoms with Crippen LogP contribution in [-0.2, 0) is 17.8 Å². The van der Waals surface area contributed by atoms with Gasteiger partial charge < -0.3 is 11.1 Å². The highest BCUT2D eigenvalue weighted by Crippen LogP contribution is 2.09. The molecular weight excluding hydrogens is 252 g/mol. The summed E-state index contributed by atoms with van der Waals surface area (Å²) in [5, 5.41) is 7.11. The Morgan fingerprint density at radius 3 is 2.80 bits per heavy atom. The number of nitrogens with zero attached hydrogens (tertiary/aromatic N) is 2. The lowest BCUT2D eigenvalue weighted by Gasteiger charge is -2.09. The molecule has 1 amide bonds. The molecule has 0 radical (unpaired) electrons. The minimum absolute atomic E-state index is 0.0167. The number of nitrogens with one attached hydrogen (secondary N) is 1. The summed E-state index contributed by atoms with van der Waals surface area (Å²) in [6.07, 6.45) is 3.72. The molecule has 20 heavy (non-hydrogen) atoms. The Morgan fingerprint density at radius 2 is 2.05 bits per heavy atom. The predicted molar refractivity (Wildman–Crippen MR) is 79.3 cm³/mol. The van der Waals surface area contributed by atoms with Gasteiger partial charge in [0.1, 0.15) is 5.82 Å². The second-order valence-electron chi connectivity index (χ2n) is 4.62. The lowest BCUT2D eigenvalue weighted by Crippen LogP contribution is -2.17. The number of aromatic nitrogens is 2. The average molecular weight is 272 g/mol. The molecule has 0 aliphatic carbocycles. The van der Waals surface area contributed by atoms with Crippen LogP contribution in [0, 0.1) is 0 Å². The van der Waals surface area contributed by atoms with E-state index in [4.69, 9.17) is 5.73 Å². The number of hydrogen-bond acceptors (Lipinski definition) is 3. The molecule has 0 unspecified atom stereocenters. The van der Waals surface area contributed by atoms with Gasteiger partial charge in [-0.2, -0.15) is 5.10 Å². The summed E-state index contributed by atoms with van der Waals surface area (Å²) in [7, 11) is 0. The Bertz CT molecular complexity index is 536. The van der Waals surface area contributed by atoms with Gasteiger partial charge in [0.15, 0.2) is 0 Å². The fourth-order valence-corrected chi connectivity index (χ4v) is 1.96. The number of hydrogen-bond donors (Lipinski definition) is 2. The summed E-state index contributed by atoms with van der Waals surface area (Å²) < 4.78 is 1.81. The molecule has 0 bridgehead atoms. The molecule has 5 heteroatoms. The summed E-state index contributed by atoms with van der Waals surface area (Å²) in [4.78, 5) is 11.7. The molecule has 0 atom stereocenters. The van der Waals surface area contributed by atoms with E-state index in [0.717, 1.165) is 18.8 Å². The first-order valence-corrected chi connectivity index (χ1v) is 6.85. The Balaban J connectivity index is 1.90. The fraction of sp³-hybridized carbons (Fsp3) is 0.333. The quantitative estimate of drug-likeness (QED) is 0.807. The predicted octanol–water partition coefficient (Wildman–Crippen LogP) is 1.80. The van der Waals surface area contributed by atoms with Crippen LogP contribution >= 0.6 is 0 Å². The van der Waals surface area contributed by atoms with Gasteiger partial charge in [-0.25, -0.2) is 4.68 Å². The molecule has 1 heterocycles. The molecule has 5 nitrogen and oxygen atoms in total. The maximum absolute atomic E-state index is 11.7. The lowest BCUT2D eigenvalue weighted by molar-refractivity contribution is -0.116. The van der Waals surface area contributed by atoms with Crippen LogP contribution in [0.2, 0.25) is 0 Å². The molecule has 1 aromatic heterocycles. The van der Waals surface area contributed by atoms with Crippen LogP contribution in [0.4, 0.5) is 5.82 Å². The second-order valence-corrected chi connectivity index (χ2v) is 4.62. The summed E-state index contributed by atoms with van der Waals surface area (Å²) in [6.45, 7) is 1.27. The molecule has 0 fully saturated rings. The van der Waals surface area contributed by atoms with Gasteiger partial charge in [0.25, 0.3) is 0 Å². The van der Waals surface area contributed by atoms with Gasteiger partial charge in [-0.15, -0.1) is 0 Å². The molecule has 0 aliphatic rings. The number of benzene rings is 1. The molecule has 1 aromatic carbocycles. The highest BCUT2D eigenvalue weighted by Gasteiger charge is 2.06. The molecule has 2 aromatic rings. The number of anilines is 1. The van der Waals surface area contributed by atoms with Gasteiger partial charge in [-0.05, 0) is 24.9 Å². The van der Waals surface area contributed by atoms with Crippen molar-refractivity contribution in [2.45, 2.75) is 25.8 Å². The summed E-state index contributed by atoms with van der Waals surface area (Å²) in [5.74, 6) is 0.722. The third-order valence-electron chi connectivity index (χ3n) is 3.05. The monoisotopic (exact) mass is 272 g/mol. The first-order chi connectivity index (χ1) is 9.79. The van der Waals surface area contributed by atoms with E-state index in [2.05, 4.69) is 22.5 Å². The minimum atomic E-state index is -0.0167. The van der Waals surface area contributed by atoms with E-state index in [1.54, 1.807) is 6.20 Å². The molecule has 106 valence electrons. The molecule has 2 rings (SSSR count). The van der Waals surface area contributed by atoms with E-state index in [0.29, 0.717) is 19.4 Å². The SMILES string of the molecule is NCCCC(=O)Nc1ccnn1CCc1ccccc1. The summed E-state index contributed by atoms with van der Waals surface area (Å²) in [5.41, 5.74) is 6.65. The number of rotatable bonds is 7. The largest absolute Gasteiger partial charge is 0.330 e. The summed E-state index contributed by atoms with van der Waals surface area (Å²) in [6, 6.07) is 12.0. The van der Waals surface area contributed by atoms with Crippen molar-refractivity contribution in [3.8, 4) is 0 Å². The van der Waals surface area contributed by atoms with E-state index in [-0.39, 0.29) is 5.91 Å². The summed E-state index contributed by atoms with van der Waals surface area (Å²) >= 11 is 0. The number of amides is 1. The third kappa shape index (κ3) is 4.20. The molecule has 0 saturated carbocycles. The van der Waals surface area contributed by atoms with Crippen molar-refractivity contribution in [3.63, 3.8) is 0 Å². The Morgan fingerprint density at radius 1 is 1.25 bits per heavy atom. The highest BCUT2D eigenvalue weighted by molar-refractivity contribution is 5.89. The fourth-order valence-electron chi connectivity index (χ4n) is 1.96. The Labute approximate surface area is 118 Å². The van der Waals surface area contributed by atoms with Crippen LogP contribution in [0.3, 0.4) is 0 Å². The molecule has 0 spiro atoms. The van der Waals surface area contributed by atoms with E-state index < -0.39 is 0 Å². The topological polar surface area (TPSA) is 72.9 Å². The van der Waals surface area contributed by atoms with E-state index >= 15 is 0 Å². The van der Waals surface area contributed by atoms with Crippen molar-refractivity contribution in [1.29, 1.82) is 0 Å². The van der Waals surface area contributed by atoms with Gasteiger partial charge in [0, 0.05) is 19.0 Å². The van der Waals surface area contributed by atoms with Crippen LogP contribution in [0.25, 0.3) is 0 Å². The molecular formula is C15H20N4O. The number of carbonyl (C=O) groups is 1. The maximum Gasteiger partial charge on any atom is 0.225 e. The first-order valence-electron chi connectivity index (χ1n) is 6.85. The van der Waals surface area contributed by atoms with Crippen LogP contribution in [0.1, 0.15) is 18.4 Å². The van der Waals surface area contributed by atoms with Crippen molar-refractivity contribution >= 4 is 11.7 Å². The Hall–Kier alpha value is -2.14. The number of carbonyl (C=O) groups excluding carboxylic acids is 1. The van der Waals surface area contributed by atoms with Crippen LogP contribution in [0.15, 0.2) is 42.6 Å². The average Bonchev–Trinajstić information content (AvgIpc) is 2.91. The van der Waals surface area contributed by atoms with Gasteiger partial charge >= 0.3 is 0 Å². The van der Waals surface area contributed by atoms with Crippen LogP contribution in [-0.4, -0.2) is 22.2 Å². The van der Waals surface area contributed by atoms with Crippen molar-refractivity contribution in [1.82, 2.24) is 9.78 Å². The standard InChI is InChI=1S/C15H20N4O/c16-10-4-7-15(20)18-14-8-11-17-19(14)12-9-13-5-2-1-3-6-13/h1-3,5-6,8,11H,4,7,9-10,12,16H2,(H,18,20). The molecule has 3 N–H and O–H groups in total. The van der Waals surface area contributed by atoms with Crippen LogP contribution < -0.4 is 11.1 Å². The maximum atomic E-state index is 11.7. The van der Waals surface area contributed by atoms with Crippen molar-refractivity contribution in [3.05, 3.63) is 48.2 Å². The Kier molecular flexibility index (Phi) is 5.32. The lowest BCUT2D eigenvalue weighted by atomic mass is 10.1. The van der Waals surface area contributed by atoms with Crippen LogP contribution in [0.5, 0.6) is 0 Å². The zero-order chi connectivity index (χ0) is 14.2. The van der Waals surface area contributed by atoms with E-state index in [1.807, 2.05) is 28.9 Å². The van der Waals surface area contributed by atoms with E-state index in [1.165, 1.54) is 5.56 Å². The van der Waals surface area contributed by atoms with Crippen molar-refractivity contribution < 1.29 is 4.79 Å². The zero-order valence-electron chi connectivity index (χ0n) is 11.5. The second kappa shape index (κ2) is 7.45. The normalized spacial score (nSPS) is 10.4. The molecule has 0 aliphatic heterocycles. The van der Waals surface area contributed by atoms with Gasteiger partial charge in [0.05, 0.1) is 6.20 Å². The highest BCUT2D eigenvalue weighted by atomic mass is 16.1. The van der Waals surface area contributed by atoms with E-state index in [9.17, 15) is 4.79 Å². The smallest absolute Gasteiger partial charge is 0.225 e. The minimum Gasteiger partial charge on any atom is -0.330 e.